The van der Waals surface area contributed by atoms with Crippen LogP contribution in [0.15, 0.2) is 18.2 Å². The molecule has 0 fully saturated rings. The monoisotopic (exact) mass is 181 g/mol. The number of phenols is 1. The lowest BCUT2D eigenvalue weighted by Gasteiger charge is -2.06. The number of hydrogen-bond acceptors (Lipinski definition) is 3. The van der Waals surface area contributed by atoms with Gasteiger partial charge in [0.15, 0.2) is 0 Å². The number of methoxy groups -OCH3 is 1. The zero-order chi connectivity index (χ0) is 9.68. The summed E-state index contributed by atoms with van der Waals surface area (Å²) >= 11 is 0. The van der Waals surface area contributed by atoms with Crippen molar-refractivity contribution in [1.29, 1.82) is 0 Å². The first-order chi connectivity index (χ1) is 6.27. The van der Waals surface area contributed by atoms with Gasteiger partial charge in [0.25, 0.3) is 0 Å². The third kappa shape index (κ3) is 2.72. The Labute approximate surface area is 78.3 Å². The van der Waals surface area contributed by atoms with E-state index < -0.39 is 0 Å². The van der Waals surface area contributed by atoms with Crippen LogP contribution in [-0.2, 0) is 17.9 Å². The summed E-state index contributed by atoms with van der Waals surface area (Å²) in [5.74, 6) is 0.328. The van der Waals surface area contributed by atoms with Gasteiger partial charge in [-0.25, -0.2) is 0 Å². The molecule has 0 spiro atoms. The van der Waals surface area contributed by atoms with Crippen molar-refractivity contribution in [2.45, 2.75) is 13.2 Å². The van der Waals surface area contributed by atoms with Gasteiger partial charge in [-0.1, -0.05) is 6.07 Å². The minimum Gasteiger partial charge on any atom is -0.508 e. The lowest BCUT2D eigenvalue weighted by atomic mass is 10.1. The van der Waals surface area contributed by atoms with Crippen molar-refractivity contribution in [1.82, 2.24) is 5.32 Å². The van der Waals surface area contributed by atoms with Crippen molar-refractivity contribution in [3.05, 3.63) is 29.3 Å². The van der Waals surface area contributed by atoms with E-state index in [0.717, 1.165) is 11.1 Å². The molecule has 0 aliphatic rings. The molecule has 2 N–H and O–H groups in total. The fourth-order valence-electron chi connectivity index (χ4n) is 1.23. The van der Waals surface area contributed by atoms with Gasteiger partial charge in [-0.2, -0.15) is 0 Å². The average molecular weight is 181 g/mol. The maximum absolute atomic E-state index is 9.45. The normalized spacial score (nSPS) is 10.3. The highest BCUT2D eigenvalue weighted by Gasteiger charge is 2.01. The van der Waals surface area contributed by atoms with Gasteiger partial charge in [0.05, 0.1) is 6.61 Å². The molecule has 1 aromatic rings. The summed E-state index contributed by atoms with van der Waals surface area (Å²) in [5, 5.41) is 12.4. The third-order valence-electron chi connectivity index (χ3n) is 1.82. The molecule has 0 aliphatic heterocycles. The van der Waals surface area contributed by atoms with Gasteiger partial charge >= 0.3 is 0 Å². The quantitative estimate of drug-likeness (QED) is 0.734. The van der Waals surface area contributed by atoms with Gasteiger partial charge in [-0.3, -0.25) is 0 Å². The average Bonchev–Trinajstić information content (AvgIpc) is 2.12. The van der Waals surface area contributed by atoms with Crippen LogP contribution < -0.4 is 5.32 Å². The molecule has 3 heteroatoms. The molecule has 3 nitrogen and oxygen atoms in total. The highest BCUT2D eigenvalue weighted by Crippen LogP contribution is 2.18. The molecule has 0 saturated heterocycles. The molecule has 13 heavy (non-hydrogen) atoms. The second-order valence-electron chi connectivity index (χ2n) is 2.93. The van der Waals surface area contributed by atoms with Gasteiger partial charge in [0.1, 0.15) is 5.75 Å². The first-order valence-corrected chi connectivity index (χ1v) is 4.22. The number of benzene rings is 1. The van der Waals surface area contributed by atoms with Crippen LogP contribution in [-0.4, -0.2) is 19.3 Å². The smallest absolute Gasteiger partial charge is 0.120 e. The Kier molecular flexibility index (Phi) is 3.73. The molecule has 0 bridgehead atoms. The number of nitrogens with one attached hydrogen (secondary N) is 1. The van der Waals surface area contributed by atoms with Crippen molar-refractivity contribution in [3.8, 4) is 5.75 Å². The van der Waals surface area contributed by atoms with Crippen molar-refractivity contribution >= 4 is 0 Å². The predicted octanol–water partition coefficient (Wildman–Crippen LogP) is 1.26. The summed E-state index contributed by atoms with van der Waals surface area (Å²) in [7, 11) is 3.51. The van der Waals surface area contributed by atoms with E-state index >= 15 is 0 Å². The molecular formula is C10H15NO2. The van der Waals surface area contributed by atoms with E-state index in [2.05, 4.69) is 5.32 Å². The number of rotatable bonds is 4. The van der Waals surface area contributed by atoms with Crippen LogP contribution in [0.3, 0.4) is 0 Å². The Morgan fingerprint density at radius 3 is 2.85 bits per heavy atom. The van der Waals surface area contributed by atoms with E-state index in [0.29, 0.717) is 18.9 Å². The van der Waals surface area contributed by atoms with E-state index in [1.54, 1.807) is 13.2 Å². The van der Waals surface area contributed by atoms with E-state index in [4.69, 9.17) is 4.74 Å². The molecule has 0 aliphatic carbocycles. The standard InChI is InChI=1S/C10H15NO2/c1-11-6-9-5-8(7-13-2)3-4-10(9)12/h3-5,11-12H,6-7H2,1-2H3. The van der Waals surface area contributed by atoms with E-state index in [9.17, 15) is 5.11 Å². The summed E-state index contributed by atoms with van der Waals surface area (Å²) in [4.78, 5) is 0. The summed E-state index contributed by atoms with van der Waals surface area (Å²) in [6.07, 6.45) is 0. The zero-order valence-corrected chi connectivity index (χ0v) is 8.00. The molecule has 0 atom stereocenters. The maximum Gasteiger partial charge on any atom is 0.120 e. The largest absolute Gasteiger partial charge is 0.508 e. The molecule has 0 amide bonds. The topological polar surface area (TPSA) is 41.5 Å². The lowest BCUT2D eigenvalue weighted by molar-refractivity contribution is 0.185. The Bertz CT molecular complexity index is 274. The van der Waals surface area contributed by atoms with Crippen LogP contribution in [0.2, 0.25) is 0 Å². The van der Waals surface area contributed by atoms with E-state index in [1.807, 2.05) is 19.2 Å². The van der Waals surface area contributed by atoms with Gasteiger partial charge < -0.3 is 15.2 Å². The summed E-state index contributed by atoms with van der Waals surface area (Å²) in [6.45, 7) is 1.25. The number of phenolic OH excluding ortho intramolecular Hbond substituents is 1. The Hall–Kier alpha value is -1.06. The van der Waals surface area contributed by atoms with Gasteiger partial charge in [0.2, 0.25) is 0 Å². The Balaban J connectivity index is 2.83. The number of hydrogen-bond donors (Lipinski definition) is 2. The first-order valence-electron chi connectivity index (χ1n) is 4.22. The molecule has 0 radical (unpaired) electrons. The predicted molar refractivity (Wildman–Crippen MR) is 51.6 cm³/mol. The van der Waals surface area contributed by atoms with Gasteiger partial charge in [-0.15, -0.1) is 0 Å². The fraction of sp³-hybridized carbons (Fsp3) is 0.400. The molecule has 1 rings (SSSR count). The molecule has 0 saturated carbocycles. The molecule has 0 aromatic heterocycles. The van der Waals surface area contributed by atoms with Crippen LogP contribution in [0.25, 0.3) is 0 Å². The number of aromatic hydroxyl groups is 1. The van der Waals surface area contributed by atoms with Gasteiger partial charge in [-0.05, 0) is 24.7 Å². The van der Waals surface area contributed by atoms with E-state index in [-0.39, 0.29) is 0 Å². The summed E-state index contributed by atoms with van der Waals surface area (Å²) in [6, 6.07) is 5.49. The highest BCUT2D eigenvalue weighted by molar-refractivity contribution is 5.35. The summed E-state index contributed by atoms with van der Waals surface area (Å²) < 4.78 is 5.00. The minimum atomic E-state index is 0.328. The highest BCUT2D eigenvalue weighted by atomic mass is 16.5. The molecule has 1 aromatic carbocycles. The molecule has 0 unspecified atom stereocenters. The number of ether oxygens (including phenoxy) is 1. The third-order valence-corrected chi connectivity index (χ3v) is 1.82. The first kappa shape index (κ1) is 10.0. The van der Waals surface area contributed by atoms with Crippen LogP contribution in [0.4, 0.5) is 0 Å². The van der Waals surface area contributed by atoms with Crippen LogP contribution in [0.1, 0.15) is 11.1 Å². The lowest BCUT2D eigenvalue weighted by Crippen LogP contribution is -2.05. The van der Waals surface area contributed by atoms with Gasteiger partial charge in [0, 0.05) is 19.2 Å². The molecule has 0 heterocycles. The van der Waals surface area contributed by atoms with Crippen LogP contribution in [0.5, 0.6) is 5.75 Å². The summed E-state index contributed by atoms with van der Waals surface area (Å²) in [5.41, 5.74) is 1.97. The van der Waals surface area contributed by atoms with Crippen LogP contribution in [0, 0.1) is 0 Å². The Morgan fingerprint density at radius 1 is 1.46 bits per heavy atom. The van der Waals surface area contributed by atoms with Crippen molar-refractivity contribution in [2.75, 3.05) is 14.2 Å². The van der Waals surface area contributed by atoms with Crippen molar-refractivity contribution in [3.63, 3.8) is 0 Å². The van der Waals surface area contributed by atoms with Crippen molar-refractivity contribution < 1.29 is 9.84 Å². The van der Waals surface area contributed by atoms with E-state index in [1.165, 1.54) is 0 Å². The maximum atomic E-state index is 9.45. The van der Waals surface area contributed by atoms with Crippen LogP contribution >= 0.6 is 0 Å². The zero-order valence-electron chi connectivity index (χ0n) is 8.00. The molecule has 72 valence electrons. The van der Waals surface area contributed by atoms with Crippen molar-refractivity contribution in [2.24, 2.45) is 0 Å². The minimum absolute atomic E-state index is 0.328. The fourth-order valence-corrected chi connectivity index (χ4v) is 1.23. The second-order valence-corrected chi connectivity index (χ2v) is 2.93. The second kappa shape index (κ2) is 4.84. The SMILES string of the molecule is CNCc1cc(COC)ccc1O. The molecular weight excluding hydrogens is 166 g/mol. The Morgan fingerprint density at radius 2 is 2.23 bits per heavy atom.